The van der Waals surface area contributed by atoms with E-state index in [0.717, 1.165) is 24.2 Å². The molecule has 100 valence electrons. The monoisotopic (exact) mass is 251 g/mol. The Morgan fingerprint density at radius 2 is 2.11 bits per heavy atom. The topological polar surface area (TPSA) is 51.6 Å². The Bertz CT molecular complexity index is 386. The molecule has 1 aliphatic carbocycles. The van der Waals surface area contributed by atoms with Gasteiger partial charge in [0, 0.05) is 18.9 Å². The van der Waals surface area contributed by atoms with Gasteiger partial charge in [-0.05, 0) is 38.7 Å². The molecule has 0 spiro atoms. The van der Waals surface area contributed by atoms with Crippen LogP contribution in [0.25, 0.3) is 0 Å². The van der Waals surface area contributed by atoms with Gasteiger partial charge in [-0.2, -0.15) is 0 Å². The standard InChI is InChI=1S/C14H21NO3/c1-3-18-13-8-11(9-15-10-13)14(16)6-4-12(17-2)5-7-14/h8-10,12,16H,3-7H2,1-2H3. The Hall–Kier alpha value is -1.13. The van der Waals surface area contributed by atoms with Crippen molar-refractivity contribution in [3.05, 3.63) is 24.0 Å². The molecule has 1 fully saturated rings. The second kappa shape index (κ2) is 5.67. The molecule has 0 amide bonds. The quantitative estimate of drug-likeness (QED) is 0.891. The largest absolute Gasteiger partial charge is 0.492 e. The SMILES string of the molecule is CCOc1cncc(C2(O)CCC(OC)CC2)c1. The predicted octanol–water partition coefficient (Wildman–Crippen LogP) is 2.26. The lowest BCUT2D eigenvalue weighted by Gasteiger charge is -2.35. The number of nitrogens with zero attached hydrogens (tertiary/aromatic N) is 1. The summed E-state index contributed by atoms with van der Waals surface area (Å²) in [7, 11) is 1.73. The van der Waals surface area contributed by atoms with E-state index >= 15 is 0 Å². The molecule has 0 bridgehead atoms. The van der Waals surface area contributed by atoms with Gasteiger partial charge in [0.15, 0.2) is 0 Å². The summed E-state index contributed by atoms with van der Waals surface area (Å²) >= 11 is 0. The zero-order valence-electron chi connectivity index (χ0n) is 11.1. The molecule has 1 aromatic heterocycles. The highest BCUT2D eigenvalue weighted by Gasteiger charge is 2.35. The van der Waals surface area contributed by atoms with Crippen molar-refractivity contribution in [3.63, 3.8) is 0 Å². The van der Waals surface area contributed by atoms with Crippen molar-refractivity contribution < 1.29 is 14.6 Å². The Balaban J connectivity index is 2.12. The van der Waals surface area contributed by atoms with Gasteiger partial charge in [-0.1, -0.05) is 0 Å². The highest BCUT2D eigenvalue weighted by atomic mass is 16.5. The van der Waals surface area contributed by atoms with Crippen molar-refractivity contribution in [1.29, 1.82) is 0 Å². The molecule has 18 heavy (non-hydrogen) atoms. The number of rotatable bonds is 4. The van der Waals surface area contributed by atoms with Crippen LogP contribution in [0.3, 0.4) is 0 Å². The molecule has 2 rings (SSSR count). The van der Waals surface area contributed by atoms with Gasteiger partial charge in [0.05, 0.1) is 24.5 Å². The third kappa shape index (κ3) is 2.82. The number of pyridine rings is 1. The third-order valence-corrected chi connectivity index (χ3v) is 3.65. The van der Waals surface area contributed by atoms with Crippen LogP contribution < -0.4 is 4.74 Å². The Morgan fingerprint density at radius 1 is 1.39 bits per heavy atom. The number of ether oxygens (including phenoxy) is 2. The minimum Gasteiger partial charge on any atom is -0.492 e. The fourth-order valence-electron chi connectivity index (χ4n) is 2.51. The van der Waals surface area contributed by atoms with E-state index in [4.69, 9.17) is 9.47 Å². The fourth-order valence-corrected chi connectivity index (χ4v) is 2.51. The summed E-state index contributed by atoms with van der Waals surface area (Å²) in [5.74, 6) is 0.720. The van der Waals surface area contributed by atoms with Crippen LogP contribution >= 0.6 is 0 Å². The third-order valence-electron chi connectivity index (χ3n) is 3.65. The molecule has 0 radical (unpaired) electrons. The lowest BCUT2D eigenvalue weighted by Crippen LogP contribution is -2.34. The molecule has 0 aromatic carbocycles. The van der Waals surface area contributed by atoms with E-state index in [9.17, 15) is 5.11 Å². The van der Waals surface area contributed by atoms with E-state index in [1.807, 2.05) is 13.0 Å². The van der Waals surface area contributed by atoms with Crippen LogP contribution in [-0.4, -0.2) is 29.9 Å². The van der Waals surface area contributed by atoms with Gasteiger partial charge in [-0.25, -0.2) is 0 Å². The maximum Gasteiger partial charge on any atom is 0.137 e. The molecule has 1 heterocycles. The first-order valence-corrected chi connectivity index (χ1v) is 6.51. The Labute approximate surface area is 108 Å². The molecule has 4 nitrogen and oxygen atoms in total. The summed E-state index contributed by atoms with van der Waals surface area (Å²) in [6.07, 6.45) is 6.86. The molecule has 1 N–H and O–H groups in total. The number of aromatic nitrogens is 1. The van der Waals surface area contributed by atoms with E-state index in [-0.39, 0.29) is 6.10 Å². The van der Waals surface area contributed by atoms with Crippen LogP contribution in [0.15, 0.2) is 18.5 Å². The summed E-state index contributed by atoms with van der Waals surface area (Å²) in [5, 5.41) is 10.7. The number of hydrogen-bond donors (Lipinski definition) is 1. The van der Waals surface area contributed by atoms with Crippen molar-refractivity contribution in [2.24, 2.45) is 0 Å². The van der Waals surface area contributed by atoms with Crippen molar-refractivity contribution in [1.82, 2.24) is 4.98 Å². The van der Waals surface area contributed by atoms with Gasteiger partial charge in [0.2, 0.25) is 0 Å². The van der Waals surface area contributed by atoms with Gasteiger partial charge >= 0.3 is 0 Å². The van der Waals surface area contributed by atoms with Crippen molar-refractivity contribution >= 4 is 0 Å². The van der Waals surface area contributed by atoms with Gasteiger partial charge in [-0.15, -0.1) is 0 Å². The molecule has 1 saturated carbocycles. The number of methoxy groups -OCH3 is 1. The van der Waals surface area contributed by atoms with Crippen molar-refractivity contribution in [3.8, 4) is 5.75 Å². The minimum atomic E-state index is -0.783. The van der Waals surface area contributed by atoms with Gasteiger partial charge in [0.25, 0.3) is 0 Å². The average Bonchev–Trinajstić information content (AvgIpc) is 2.40. The van der Waals surface area contributed by atoms with Crippen LogP contribution in [0.1, 0.15) is 38.2 Å². The lowest BCUT2D eigenvalue weighted by molar-refractivity contribution is -0.0477. The van der Waals surface area contributed by atoms with Crippen molar-refractivity contribution in [2.45, 2.75) is 44.3 Å². The van der Waals surface area contributed by atoms with Crippen molar-refractivity contribution in [2.75, 3.05) is 13.7 Å². The summed E-state index contributed by atoms with van der Waals surface area (Å²) in [4.78, 5) is 4.15. The van der Waals surface area contributed by atoms with E-state index in [2.05, 4.69) is 4.98 Å². The summed E-state index contributed by atoms with van der Waals surface area (Å²) < 4.78 is 10.8. The predicted molar refractivity (Wildman–Crippen MR) is 68.6 cm³/mol. The molecular weight excluding hydrogens is 230 g/mol. The highest BCUT2D eigenvalue weighted by Crippen LogP contribution is 2.38. The Morgan fingerprint density at radius 3 is 2.72 bits per heavy atom. The van der Waals surface area contributed by atoms with E-state index in [1.54, 1.807) is 19.5 Å². The number of aliphatic hydroxyl groups is 1. The van der Waals surface area contributed by atoms with Crippen LogP contribution in [0.2, 0.25) is 0 Å². The molecule has 0 atom stereocenters. The second-order valence-corrected chi connectivity index (χ2v) is 4.81. The van der Waals surface area contributed by atoms with Crippen LogP contribution in [0.4, 0.5) is 0 Å². The molecule has 1 aliphatic rings. The summed E-state index contributed by atoms with van der Waals surface area (Å²) in [5.41, 5.74) is 0.0674. The number of hydrogen-bond acceptors (Lipinski definition) is 4. The fraction of sp³-hybridized carbons (Fsp3) is 0.643. The first-order chi connectivity index (χ1) is 8.68. The molecule has 4 heteroatoms. The van der Waals surface area contributed by atoms with Gasteiger partial charge in [-0.3, -0.25) is 4.98 Å². The maximum atomic E-state index is 10.7. The molecule has 1 aromatic rings. The Kier molecular flexibility index (Phi) is 4.19. The van der Waals surface area contributed by atoms with Crippen LogP contribution in [0, 0.1) is 0 Å². The first kappa shape index (κ1) is 13.3. The zero-order valence-corrected chi connectivity index (χ0v) is 11.1. The first-order valence-electron chi connectivity index (χ1n) is 6.51. The smallest absolute Gasteiger partial charge is 0.137 e. The lowest BCUT2D eigenvalue weighted by atomic mass is 9.79. The minimum absolute atomic E-state index is 0.272. The average molecular weight is 251 g/mol. The second-order valence-electron chi connectivity index (χ2n) is 4.81. The summed E-state index contributed by atoms with van der Waals surface area (Å²) in [6.45, 7) is 2.54. The van der Waals surface area contributed by atoms with E-state index in [0.29, 0.717) is 19.4 Å². The molecule has 0 saturated heterocycles. The highest BCUT2D eigenvalue weighted by molar-refractivity contribution is 5.28. The summed E-state index contributed by atoms with van der Waals surface area (Å²) in [6, 6.07) is 1.89. The van der Waals surface area contributed by atoms with Gasteiger partial charge in [0.1, 0.15) is 5.75 Å². The molecule has 0 unspecified atom stereocenters. The van der Waals surface area contributed by atoms with Crippen LogP contribution in [-0.2, 0) is 10.3 Å². The van der Waals surface area contributed by atoms with E-state index in [1.165, 1.54) is 0 Å². The normalized spacial score (nSPS) is 28.1. The zero-order chi connectivity index (χ0) is 13.0. The van der Waals surface area contributed by atoms with E-state index < -0.39 is 5.60 Å². The van der Waals surface area contributed by atoms with Gasteiger partial charge < -0.3 is 14.6 Å². The van der Waals surface area contributed by atoms with Crippen LogP contribution in [0.5, 0.6) is 5.75 Å². The maximum absolute atomic E-state index is 10.7. The molecular formula is C14H21NO3. The molecule has 0 aliphatic heterocycles.